The van der Waals surface area contributed by atoms with Crippen LogP contribution in [0, 0.1) is 79.1 Å². The maximum Gasteiger partial charge on any atom is -0.000793 e. The zero-order valence-electron chi connectivity index (χ0n) is 32.3. The van der Waals surface area contributed by atoms with Crippen molar-refractivity contribution >= 4 is 65.4 Å². The molecule has 4 atom stereocenters. The van der Waals surface area contributed by atoms with Gasteiger partial charge in [-0.05, 0) is 239 Å². The van der Waals surface area contributed by atoms with Gasteiger partial charge in [0.25, 0.3) is 0 Å². The van der Waals surface area contributed by atoms with Gasteiger partial charge < -0.3 is 0 Å². The minimum atomic E-state index is 0.550. The molecule has 48 heavy (non-hydrogen) atoms. The van der Waals surface area contributed by atoms with Crippen molar-refractivity contribution in [3.05, 3.63) is 89.1 Å². The summed E-state index contributed by atoms with van der Waals surface area (Å²) in [6.45, 7) is 39.1. The molecule has 9 rings (SSSR count). The summed E-state index contributed by atoms with van der Waals surface area (Å²) >= 11 is 0. The third-order valence-corrected chi connectivity index (χ3v) is 15.6. The molecule has 4 aliphatic carbocycles. The molecule has 5 aromatic rings. The Hall–Kier alpha value is -3.64. The molecule has 0 aliphatic heterocycles. The molecule has 0 heterocycles. The van der Waals surface area contributed by atoms with Crippen LogP contribution in [0.1, 0.15) is 122 Å². The van der Waals surface area contributed by atoms with Gasteiger partial charge in [-0.1, -0.05) is 50.0 Å². The van der Waals surface area contributed by atoms with Crippen molar-refractivity contribution < 1.29 is 0 Å². The van der Waals surface area contributed by atoms with E-state index >= 15 is 0 Å². The summed E-state index contributed by atoms with van der Waals surface area (Å²) in [5.41, 5.74) is 30.5. The van der Waals surface area contributed by atoms with Crippen LogP contribution < -0.4 is 0 Å². The Morgan fingerprint density at radius 3 is 0.604 bits per heavy atom. The van der Waals surface area contributed by atoms with Crippen molar-refractivity contribution in [1.82, 2.24) is 0 Å². The van der Waals surface area contributed by atoms with Gasteiger partial charge in [0.15, 0.2) is 0 Å². The highest BCUT2D eigenvalue weighted by molar-refractivity contribution is 6.43. The Labute approximate surface area is 288 Å². The van der Waals surface area contributed by atoms with E-state index in [2.05, 4.69) is 111 Å². The Bertz CT molecular complexity index is 2240. The van der Waals surface area contributed by atoms with Gasteiger partial charge in [0.2, 0.25) is 0 Å². The molecule has 4 unspecified atom stereocenters. The normalized spacial score (nSPS) is 23.5. The van der Waals surface area contributed by atoms with Crippen LogP contribution in [0.25, 0.3) is 65.4 Å². The lowest BCUT2D eigenvalue weighted by molar-refractivity contribution is 0.501. The Morgan fingerprint density at radius 1 is 0.229 bits per heavy atom. The van der Waals surface area contributed by atoms with E-state index in [0.29, 0.717) is 23.7 Å². The van der Waals surface area contributed by atoms with Gasteiger partial charge in [0.1, 0.15) is 0 Å². The molecule has 0 aromatic heterocycles. The first kappa shape index (κ1) is 30.4. The highest BCUT2D eigenvalue weighted by Gasteiger charge is 2.42. The van der Waals surface area contributed by atoms with E-state index in [1.807, 2.05) is 0 Å². The van der Waals surface area contributed by atoms with Crippen molar-refractivity contribution in [2.24, 2.45) is 23.7 Å². The van der Waals surface area contributed by atoms with Crippen molar-refractivity contribution in [2.45, 2.75) is 111 Å². The SMILES string of the molecule is CC1=C2C(=C(C)C(C)C1C)c1c(C)c(C)c3c4c(C)c(C)c5c6c(c(C)c(C)c(c7c(C)c(C)c2c1c73)c64)C1=C(C)C(C)C(C)C(C)=C15. The standard InChI is InChI=1S/C48H52/c1-17-18(2)22(6)34-33(21(17)5)37-25(9)29(13)41-43-31(15)27(11)39-35-23(7)19(3)20(4)24(8)36(35)40-28(12)32(16)44(48(43)46(39)40)42-30(14)26(10)38(34)45(37)47(41)42/h17-20H,1-16H3. The molecule has 0 spiro atoms. The van der Waals surface area contributed by atoms with Crippen LogP contribution in [-0.2, 0) is 0 Å². The molecule has 0 amide bonds. The molecule has 4 aliphatic rings. The maximum atomic E-state index is 2.45. The molecule has 0 N–H and O–H groups in total. The second-order valence-corrected chi connectivity index (χ2v) is 16.9. The van der Waals surface area contributed by atoms with Crippen LogP contribution in [0.3, 0.4) is 0 Å². The first-order valence-corrected chi connectivity index (χ1v) is 18.6. The molecular formula is C48H52. The van der Waals surface area contributed by atoms with Crippen LogP contribution in [0.5, 0.6) is 0 Å². The smallest absolute Gasteiger partial charge is 0.000793 e. The molecule has 0 bridgehead atoms. The fourth-order valence-electron chi connectivity index (χ4n) is 11.5. The number of hydrogen-bond acceptors (Lipinski definition) is 0. The van der Waals surface area contributed by atoms with Crippen LogP contribution in [-0.4, -0.2) is 0 Å². The molecule has 0 nitrogen and oxygen atoms in total. The van der Waals surface area contributed by atoms with Gasteiger partial charge in [0, 0.05) is 0 Å². The van der Waals surface area contributed by atoms with Crippen molar-refractivity contribution in [1.29, 1.82) is 0 Å². The summed E-state index contributed by atoms with van der Waals surface area (Å²) in [5, 5.41) is 12.2. The lowest BCUT2D eigenvalue weighted by Gasteiger charge is -2.32. The zero-order chi connectivity index (χ0) is 34.5. The lowest BCUT2D eigenvalue weighted by Crippen LogP contribution is -2.17. The molecule has 0 radical (unpaired) electrons. The number of hydrogen-bond donors (Lipinski definition) is 0. The Balaban J connectivity index is 1.66. The van der Waals surface area contributed by atoms with E-state index in [0.717, 1.165) is 0 Å². The maximum absolute atomic E-state index is 2.45. The Kier molecular flexibility index (Phi) is 5.78. The van der Waals surface area contributed by atoms with Gasteiger partial charge in [-0.25, -0.2) is 0 Å². The highest BCUT2D eigenvalue weighted by atomic mass is 14.5. The third-order valence-electron chi connectivity index (χ3n) is 15.6. The van der Waals surface area contributed by atoms with Gasteiger partial charge >= 0.3 is 0 Å². The summed E-state index contributed by atoms with van der Waals surface area (Å²) in [4.78, 5) is 0. The minimum absolute atomic E-state index is 0.550. The summed E-state index contributed by atoms with van der Waals surface area (Å²) in [6.07, 6.45) is 0. The van der Waals surface area contributed by atoms with E-state index in [4.69, 9.17) is 0 Å². The van der Waals surface area contributed by atoms with E-state index in [1.54, 1.807) is 55.4 Å². The number of allylic oxidation sites excluding steroid dienone is 8. The number of aryl methyl sites for hydroxylation is 4. The average molecular weight is 629 g/mol. The molecule has 5 aromatic carbocycles. The van der Waals surface area contributed by atoms with Crippen LogP contribution >= 0.6 is 0 Å². The second-order valence-electron chi connectivity index (χ2n) is 16.9. The fourth-order valence-corrected chi connectivity index (χ4v) is 11.5. The second kappa shape index (κ2) is 9.12. The molecule has 0 fully saturated rings. The lowest BCUT2D eigenvalue weighted by atomic mass is 9.72. The van der Waals surface area contributed by atoms with E-state index < -0.39 is 0 Å². The van der Waals surface area contributed by atoms with Crippen molar-refractivity contribution in [3.63, 3.8) is 0 Å². The van der Waals surface area contributed by atoms with Gasteiger partial charge in [-0.3, -0.25) is 0 Å². The average Bonchev–Trinajstić information content (AvgIpc) is 3.61. The summed E-state index contributed by atoms with van der Waals surface area (Å²) < 4.78 is 0. The van der Waals surface area contributed by atoms with Crippen LogP contribution in [0.15, 0.2) is 22.3 Å². The molecule has 0 saturated heterocycles. The predicted molar refractivity (Wildman–Crippen MR) is 213 cm³/mol. The van der Waals surface area contributed by atoms with Gasteiger partial charge in [-0.2, -0.15) is 0 Å². The molecular weight excluding hydrogens is 577 g/mol. The van der Waals surface area contributed by atoms with Gasteiger partial charge in [0.05, 0.1) is 0 Å². The summed E-state index contributed by atoms with van der Waals surface area (Å²) in [6, 6.07) is 0. The monoisotopic (exact) mass is 628 g/mol. The van der Waals surface area contributed by atoms with Crippen molar-refractivity contribution in [2.75, 3.05) is 0 Å². The van der Waals surface area contributed by atoms with E-state index in [-0.39, 0.29) is 0 Å². The quantitative estimate of drug-likeness (QED) is 0.118. The summed E-state index contributed by atoms with van der Waals surface area (Å²) in [5.74, 6) is 2.20. The minimum Gasteiger partial charge on any atom is -0.0614 e. The Morgan fingerprint density at radius 2 is 0.417 bits per heavy atom. The first-order valence-electron chi connectivity index (χ1n) is 18.6. The topological polar surface area (TPSA) is 0 Å². The van der Waals surface area contributed by atoms with Crippen LogP contribution in [0.4, 0.5) is 0 Å². The fraction of sp³-hybridized carbons (Fsp3) is 0.417. The summed E-state index contributed by atoms with van der Waals surface area (Å²) in [7, 11) is 0. The predicted octanol–water partition coefficient (Wildman–Crippen LogP) is 13.9. The number of benzene rings is 5. The van der Waals surface area contributed by atoms with Crippen molar-refractivity contribution in [3.8, 4) is 0 Å². The van der Waals surface area contributed by atoms with Crippen LogP contribution in [0.2, 0.25) is 0 Å². The number of rotatable bonds is 0. The zero-order valence-corrected chi connectivity index (χ0v) is 32.3. The molecule has 244 valence electrons. The molecule has 0 saturated carbocycles. The van der Waals surface area contributed by atoms with E-state index in [9.17, 15) is 0 Å². The molecule has 0 heteroatoms. The largest absolute Gasteiger partial charge is 0.0614 e. The number of fused-ring (bicyclic) bond motifs is 8. The highest BCUT2D eigenvalue weighted by Crippen LogP contribution is 2.64. The third kappa shape index (κ3) is 2.96. The first-order chi connectivity index (χ1) is 22.6. The van der Waals surface area contributed by atoms with E-state index in [1.165, 1.54) is 99.1 Å². The van der Waals surface area contributed by atoms with Gasteiger partial charge in [-0.15, -0.1) is 0 Å².